The van der Waals surface area contributed by atoms with Crippen molar-refractivity contribution in [3.8, 4) is 0 Å². The Balaban J connectivity index is 1.93. The molecule has 2 rings (SSSR count). The van der Waals surface area contributed by atoms with E-state index in [2.05, 4.69) is 11.8 Å². The highest BCUT2D eigenvalue weighted by atomic mass is 19.1. The Labute approximate surface area is 101 Å². The van der Waals surface area contributed by atoms with E-state index in [4.69, 9.17) is 0 Å². The molecule has 1 aromatic carbocycles. The number of halogens is 1. The van der Waals surface area contributed by atoms with Gasteiger partial charge in [0.15, 0.2) is 5.78 Å². The highest BCUT2D eigenvalue weighted by Crippen LogP contribution is 2.16. The number of nitrogens with zero attached hydrogens (tertiary/aromatic N) is 1. The molecule has 0 atom stereocenters. The molecule has 0 saturated carbocycles. The molecule has 0 amide bonds. The van der Waals surface area contributed by atoms with Crippen molar-refractivity contribution in [2.75, 3.05) is 19.6 Å². The van der Waals surface area contributed by atoms with Gasteiger partial charge in [-0.15, -0.1) is 0 Å². The molecule has 0 radical (unpaired) electrons. The summed E-state index contributed by atoms with van der Waals surface area (Å²) in [4.78, 5) is 14.1. The van der Waals surface area contributed by atoms with E-state index in [1.807, 2.05) is 0 Å². The zero-order valence-corrected chi connectivity index (χ0v) is 10.2. The molecule has 1 aromatic rings. The van der Waals surface area contributed by atoms with Crippen LogP contribution >= 0.6 is 0 Å². The summed E-state index contributed by atoms with van der Waals surface area (Å²) < 4.78 is 13.0. The van der Waals surface area contributed by atoms with Gasteiger partial charge in [0.25, 0.3) is 0 Å². The van der Waals surface area contributed by atoms with E-state index in [0.29, 0.717) is 12.1 Å². The number of Topliss-reactive ketones (excluding diaryl/α,β-unsaturated/α-hetero) is 1. The van der Waals surface area contributed by atoms with Crippen LogP contribution in [0.2, 0.25) is 0 Å². The van der Waals surface area contributed by atoms with Gasteiger partial charge >= 0.3 is 0 Å². The number of ketones is 1. The number of carbonyl (C=O) groups excluding carboxylic acids is 1. The molecular weight excluding hydrogens is 217 g/mol. The average Bonchev–Trinajstić information content (AvgIpc) is 2.32. The lowest BCUT2D eigenvalue weighted by Crippen LogP contribution is -2.36. The van der Waals surface area contributed by atoms with Crippen molar-refractivity contribution in [3.63, 3.8) is 0 Å². The van der Waals surface area contributed by atoms with Crippen LogP contribution in [0.1, 0.15) is 30.1 Å². The van der Waals surface area contributed by atoms with Gasteiger partial charge in [0.2, 0.25) is 0 Å². The van der Waals surface area contributed by atoms with Crippen LogP contribution in [0, 0.1) is 11.7 Å². The van der Waals surface area contributed by atoms with Crippen LogP contribution in [0.5, 0.6) is 0 Å². The number of hydrogen-bond donors (Lipinski definition) is 0. The van der Waals surface area contributed by atoms with Crippen molar-refractivity contribution in [1.82, 2.24) is 4.90 Å². The number of piperidine rings is 1. The minimum Gasteiger partial charge on any atom is -0.296 e. The zero-order chi connectivity index (χ0) is 12.3. The number of carbonyl (C=O) groups is 1. The van der Waals surface area contributed by atoms with E-state index >= 15 is 0 Å². The van der Waals surface area contributed by atoms with Gasteiger partial charge in [-0.25, -0.2) is 4.39 Å². The molecule has 0 bridgehead atoms. The Morgan fingerprint density at radius 1 is 1.41 bits per heavy atom. The van der Waals surface area contributed by atoms with E-state index in [0.717, 1.165) is 31.8 Å². The van der Waals surface area contributed by atoms with Gasteiger partial charge in [0.1, 0.15) is 5.82 Å². The van der Waals surface area contributed by atoms with E-state index in [-0.39, 0.29) is 11.6 Å². The third-order valence-electron chi connectivity index (χ3n) is 3.39. The number of rotatable bonds is 3. The van der Waals surface area contributed by atoms with Crippen LogP contribution in [-0.2, 0) is 0 Å². The Bertz CT molecular complexity index is 397. The maximum Gasteiger partial charge on any atom is 0.176 e. The molecule has 2 nitrogen and oxygen atoms in total. The fraction of sp³-hybridized carbons (Fsp3) is 0.500. The Morgan fingerprint density at radius 2 is 2.12 bits per heavy atom. The fourth-order valence-corrected chi connectivity index (χ4v) is 2.18. The SMILES string of the molecule is CC1CCN(CC(=O)c2cccc(F)c2)CC1. The minimum atomic E-state index is -0.344. The van der Waals surface area contributed by atoms with Gasteiger partial charge in [-0.3, -0.25) is 9.69 Å². The first-order valence-corrected chi connectivity index (χ1v) is 6.16. The predicted molar refractivity (Wildman–Crippen MR) is 65.6 cm³/mol. The largest absolute Gasteiger partial charge is 0.296 e. The van der Waals surface area contributed by atoms with E-state index in [1.165, 1.54) is 12.1 Å². The van der Waals surface area contributed by atoms with Crippen LogP contribution < -0.4 is 0 Å². The second kappa shape index (κ2) is 5.41. The normalized spacial score (nSPS) is 18.2. The van der Waals surface area contributed by atoms with Crippen molar-refractivity contribution in [2.24, 2.45) is 5.92 Å². The quantitative estimate of drug-likeness (QED) is 0.751. The second-order valence-electron chi connectivity index (χ2n) is 4.89. The van der Waals surface area contributed by atoms with Crippen LogP contribution in [-0.4, -0.2) is 30.3 Å². The predicted octanol–water partition coefficient (Wildman–Crippen LogP) is 2.74. The Kier molecular flexibility index (Phi) is 3.89. The maximum absolute atomic E-state index is 13.0. The molecule has 0 aliphatic carbocycles. The summed E-state index contributed by atoms with van der Waals surface area (Å²) in [5, 5.41) is 0. The highest BCUT2D eigenvalue weighted by Gasteiger charge is 2.18. The molecule has 1 saturated heterocycles. The minimum absolute atomic E-state index is 0.0130. The van der Waals surface area contributed by atoms with Crippen molar-refractivity contribution in [1.29, 1.82) is 0 Å². The first-order valence-electron chi connectivity index (χ1n) is 6.16. The van der Waals surface area contributed by atoms with Crippen LogP contribution in [0.3, 0.4) is 0 Å². The van der Waals surface area contributed by atoms with Gasteiger partial charge in [0.05, 0.1) is 6.54 Å². The van der Waals surface area contributed by atoms with Gasteiger partial charge in [0, 0.05) is 5.56 Å². The average molecular weight is 235 g/mol. The maximum atomic E-state index is 13.0. The summed E-state index contributed by atoms with van der Waals surface area (Å²) in [6, 6.07) is 5.94. The van der Waals surface area contributed by atoms with E-state index < -0.39 is 0 Å². The number of benzene rings is 1. The third-order valence-corrected chi connectivity index (χ3v) is 3.39. The zero-order valence-electron chi connectivity index (χ0n) is 10.2. The summed E-state index contributed by atoms with van der Waals surface area (Å²) in [6.07, 6.45) is 2.30. The summed E-state index contributed by atoms with van der Waals surface area (Å²) in [7, 11) is 0. The topological polar surface area (TPSA) is 20.3 Å². The summed E-state index contributed by atoms with van der Waals surface area (Å²) in [6.45, 7) is 4.60. The monoisotopic (exact) mass is 235 g/mol. The summed E-state index contributed by atoms with van der Waals surface area (Å²) in [5.41, 5.74) is 0.476. The molecule has 92 valence electrons. The molecule has 3 heteroatoms. The van der Waals surface area contributed by atoms with Crippen LogP contribution in [0.25, 0.3) is 0 Å². The van der Waals surface area contributed by atoms with Gasteiger partial charge in [-0.1, -0.05) is 19.1 Å². The number of hydrogen-bond acceptors (Lipinski definition) is 2. The first-order chi connectivity index (χ1) is 8.15. The molecule has 1 aliphatic rings. The van der Waals surface area contributed by atoms with E-state index in [9.17, 15) is 9.18 Å². The van der Waals surface area contributed by atoms with Gasteiger partial charge < -0.3 is 0 Å². The molecule has 0 spiro atoms. The fourth-order valence-electron chi connectivity index (χ4n) is 2.18. The highest BCUT2D eigenvalue weighted by molar-refractivity contribution is 5.97. The second-order valence-corrected chi connectivity index (χ2v) is 4.89. The van der Waals surface area contributed by atoms with Gasteiger partial charge in [-0.2, -0.15) is 0 Å². The van der Waals surface area contributed by atoms with E-state index in [1.54, 1.807) is 12.1 Å². The molecule has 0 N–H and O–H groups in total. The molecule has 17 heavy (non-hydrogen) atoms. The smallest absolute Gasteiger partial charge is 0.176 e. The number of likely N-dealkylation sites (tertiary alicyclic amines) is 1. The van der Waals surface area contributed by atoms with Gasteiger partial charge in [-0.05, 0) is 44.0 Å². The van der Waals surface area contributed by atoms with Crippen LogP contribution in [0.4, 0.5) is 4.39 Å². The van der Waals surface area contributed by atoms with Crippen molar-refractivity contribution >= 4 is 5.78 Å². The van der Waals surface area contributed by atoms with Crippen molar-refractivity contribution in [2.45, 2.75) is 19.8 Å². The molecular formula is C14H18FNO. The molecule has 0 aromatic heterocycles. The van der Waals surface area contributed by atoms with Crippen molar-refractivity contribution < 1.29 is 9.18 Å². The molecule has 0 unspecified atom stereocenters. The lowest BCUT2D eigenvalue weighted by atomic mass is 9.99. The lowest BCUT2D eigenvalue weighted by Gasteiger charge is -2.29. The molecule has 1 aliphatic heterocycles. The first kappa shape index (κ1) is 12.2. The summed E-state index contributed by atoms with van der Waals surface area (Å²) in [5.74, 6) is 0.428. The Hall–Kier alpha value is -1.22. The Morgan fingerprint density at radius 3 is 2.76 bits per heavy atom. The third kappa shape index (κ3) is 3.37. The van der Waals surface area contributed by atoms with Crippen LogP contribution in [0.15, 0.2) is 24.3 Å². The lowest BCUT2D eigenvalue weighted by molar-refractivity contribution is 0.0899. The summed E-state index contributed by atoms with van der Waals surface area (Å²) >= 11 is 0. The standard InChI is InChI=1S/C14H18FNO/c1-11-5-7-16(8-6-11)10-14(17)12-3-2-4-13(15)9-12/h2-4,9,11H,5-8,10H2,1H3. The molecule has 1 fully saturated rings. The van der Waals surface area contributed by atoms with Crippen molar-refractivity contribution in [3.05, 3.63) is 35.6 Å². The molecule has 1 heterocycles.